The van der Waals surface area contributed by atoms with Gasteiger partial charge in [-0.25, -0.2) is 9.78 Å². The average Bonchev–Trinajstić information content (AvgIpc) is 2.87. The lowest BCUT2D eigenvalue weighted by Gasteiger charge is -2.28. The molecule has 8 nitrogen and oxygen atoms in total. The van der Waals surface area contributed by atoms with Crippen molar-refractivity contribution >= 4 is 45.9 Å². The average molecular weight is 475 g/mol. The summed E-state index contributed by atoms with van der Waals surface area (Å²) >= 11 is 5.87. The molecule has 0 bridgehead atoms. The van der Waals surface area contributed by atoms with E-state index in [0.717, 1.165) is 43.0 Å². The third kappa shape index (κ3) is 5.36. The molecular weight excluding hydrogens is 452 g/mol. The fourth-order valence-electron chi connectivity index (χ4n) is 3.66. The monoisotopic (exact) mass is 474 g/mol. The van der Waals surface area contributed by atoms with Crippen molar-refractivity contribution in [3.63, 3.8) is 0 Å². The van der Waals surface area contributed by atoms with Crippen molar-refractivity contribution in [1.82, 2.24) is 15.3 Å². The number of aromatic nitrogens is 2. The second-order valence-corrected chi connectivity index (χ2v) is 8.26. The van der Waals surface area contributed by atoms with Gasteiger partial charge in [-0.1, -0.05) is 11.6 Å². The summed E-state index contributed by atoms with van der Waals surface area (Å²) in [5.74, 6) is 2.19. The maximum Gasteiger partial charge on any atom is 0.323 e. The third-order valence-corrected chi connectivity index (χ3v) is 5.64. The second-order valence-electron chi connectivity index (χ2n) is 7.83. The van der Waals surface area contributed by atoms with Gasteiger partial charge >= 0.3 is 6.03 Å². The normalized spacial score (nSPS) is 13.5. The lowest BCUT2D eigenvalue weighted by Crippen LogP contribution is -2.43. The van der Waals surface area contributed by atoms with Crippen molar-refractivity contribution in [3.05, 3.63) is 77.9 Å². The molecule has 5 rings (SSSR count). The van der Waals surface area contributed by atoms with E-state index in [0.29, 0.717) is 27.9 Å². The molecule has 4 aromatic rings. The van der Waals surface area contributed by atoms with Gasteiger partial charge in [0.15, 0.2) is 0 Å². The second kappa shape index (κ2) is 9.94. The highest BCUT2D eigenvalue weighted by atomic mass is 35.5. The Labute approximate surface area is 201 Å². The number of hydrogen-bond acceptors (Lipinski definition) is 6. The summed E-state index contributed by atoms with van der Waals surface area (Å²) in [7, 11) is 0. The van der Waals surface area contributed by atoms with Gasteiger partial charge < -0.3 is 25.6 Å². The molecule has 1 aromatic heterocycles. The Hall–Kier alpha value is -3.88. The Morgan fingerprint density at radius 1 is 0.882 bits per heavy atom. The van der Waals surface area contributed by atoms with Crippen LogP contribution >= 0.6 is 11.6 Å². The molecule has 0 saturated carbocycles. The molecule has 172 valence electrons. The van der Waals surface area contributed by atoms with Crippen LogP contribution in [-0.4, -0.2) is 42.2 Å². The maximum absolute atomic E-state index is 12.2. The first-order chi connectivity index (χ1) is 16.6. The molecule has 0 radical (unpaired) electrons. The molecule has 1 saturated heterocycles. The number of amides is 2. The minimum Gasteiger partial charge on any atom is -0.457 e. The summed E-state index contributed by atoms with van der Waals surface area (Å²) in [6, 6.07) is 19.4. The molecule has 1 aliphatic rings. The van der Waals surface area contributed by atoms with Crippen molar-refractivity contribution < 1.29 is 9.53 Å². The van der Waals surface area contributed by atoms with Gasteiger partial charge in [-0.2, -0.15) is 0 Å². The number of fused-ring (bicyclic) bond motifs is 1. The Balaban J connectivity index is 1.23. The SMILES string of the molecule is O=C(Nc1ccc(Cl)cc1)Nc1ccc(Oc2ccc3ncc(N4CCNCC4)nc3c2)cc1. The summed E-state index contributed by atoms with van der Waals surface area (Å²) < 4.78 is 6.01. The fourth-order valence-corrected chi connectivity index (χ4v) is 3.79. The van der Waals surface area contributed by atoms with Crippen molar-refractivity contribution in [2.75, 3.05) is 41.7 Å². The number of rotatable bonds is 5. The standard InChI is InChI=1S/C25H23ClN6O2/c26-17-1-3-18(4-2-17)29-25(33)30-19-5-7-20(8-6-19)34-21-9-10-22-23(15-21)31-24(16-28-22)32-13-11-27-12-14-32/h1-10,15-16,27H,11-14H2,(H2,29,30,33). The number of ether oxygens (including phenoxy) is 1. The Bertz CT molecular complexity index is 1290. The summed E-state index contributed by atoms with van der Waals surface area (Å²) in [5.41, 5.74) is 2.90. The highest BCUT2D eigenvalue weighted by molar-refractivity contribution is 6.30. The number of halogens is 1. The largest absolute Gasteiger partial charge is 0.457 e. The molecule has 1 aliphatic heterocycles. The molecule has 2 heterocycles. The molecule has 0 spiro atoms. The van der Waals surface area contributed by atoms with E-state index in [2.05, 4.69) is 25.8 Å². The highest BCUT2D eigenvalue weighted by Crippen LogP contribution is 2.26. The zero-order valence-corrected chi connectivity index (χ0v) is 19.0. The van der Waals surface area contributed by atoms with Gasteiger partial charge in [-0.3, -0.25) is 4.98 Å². The predicted octanol–water partition coefficient (Wildman–Crippen LogP) is 5.13. The van der Waals surface area contributed by atoms with Gasteiger partial charge in [0.05, 0.1) is 17.2 Å². The van der Waals surface area contributed by atoms with Gasteiger partial charge in [0.2, 0.25) is 0 Å². The lowest BCUT2D eigenvalue weighted by molar-refractivity contribution is 0.262. The Morgan fingerprint density at radius 2 is 1.53 bits per heavy atom. The highest BCUT2D eigenvalue weighted by Gasteiger charge is 2.13. The molecule has 3 aromatic carbocycles. The lowest BCUT2D eigenvalue weighted by atomic mass is 10.2. The van der Waals surface area contributed by atoms with E-state index in [1.807, 2.05) is 24.4 Å². The summed E-state index contributed by atoms with van der Waals surface area (Å²) in [5, 5.41) is 9.50. The molecule has 1 fully saturated rings. The molecule has 3 N–H and O–H groups in total. The predicted molar refractivity (Wildman–Crippen MR) is 135 cm³/mol. The first-order valence-electron chi connectivity index (χ1n) is 11.0. The van der Waals surface area contributed by atoms with Crippen LogP contribution in [0.5, 0.6) is 11.5 Å². The quantitative estimate of drug-likeness (QED) is 0.371. The van der Waals surface area contributed by atoms with Gasteiger partial charge in [-0.15, -0.1) is 0 Å². The van der Waals surface area contributed by atoms with E-state index < -0.39 is 0 Å². The summed E-state index contributed by atoms with van der Waals surface area (Å²) in [6.45, 7) is 3.70. The van der Waals surface area contributed by atoms with Crippen LogP contribution in [0.15, 0.2) is 72.9 Å². The van der Waals surface area contributed by atoms with Crippen molar-refractivity contribution in [3.8, 4) is 11.5 Å². The smallest absolute Gasteiger partial charge is 0.323 e. The number of nitrogens with one attached hydrogen (secondary N) is 3. The summed E-state index contributed by atoms with van der Waals surface area (Å²) in [6.07, 6.45) is 1.82. The molecule has 0 unspecified atom stereocenters. The van der Waals surface area contributed by atoms with E-state index in [4.69, 9.17) is 21.3 Å². The van der Waals surface area contributed by atoms with Gasteiger partial charge in [-0.05, 0) is 60.7 Å². The first kappa shape index (κ1) is 21.9. The van der Waals surface area contributed by atoms with E-state index >= 15 is 0 Å². The molecular formula is C25H23ClN6O2. The minimum absolute atomic E-state index is 0.343. The van der Waals surface area contributed by atoms with Gasteiger partial charge in [0, 0.05) is 48.6 Å². The van der Waals surface area contributed by atoms with Crippen LogP contribution in [0, 0.1) is 0 Å². The first-order valence-corrected chi connectivity index (χ1v) is 11.3. The van der Waals surface area contributed by atoms with E-state index in [1.165, 1.54) is 0 Å². The topological polar surface area (TPSA) is 91.4 Å². The number of hydrogen-bond donors (Lipinski definition) is 3. The molecule has 9 heteroatoms. The third-order valence-electron chi connectivity index (χ3n) is 5.39. The number of carbonyl (C=O) groups is 1. The summed E-state index contributed by atoms with van der Waals surface area (Å²) in [4.78, 5) is 23.8. The molecule has 34 heavy (non-hydrogen) atoms. The van der Waals surface area contributed by atoms with Crippen LogP contribution in [0.4, 0.5) is 22.0 Å². The minimum atomic E-state index is -0.343. The number of anilines is 3. The van der Waals surface area contributed by atoms with Crippen LogP contribution < -0.4 is 25.6 Å². The van der Waals surface area contributed by atoms with Crippen LogP contribution in [-0.2, 0) is 0 Å². The molecule has 2 amide bonds. The number of carbonyl (C=O) groups excluding carboxylic acids is 1. The van der Waals surface area contributed by atoms with E-state index in [-0.39, 0.29) is 6.03 Å². The van der Waals surface area contributed by atoms with Crippen molar-refractivity contribution in [2.24, 2.45) is 0 Å². The Morgan fingerprint density at radius 3 is 2.24 bits per heavy atom. The maximum atomic E-state index is 12.2. The Kier molecular flexibility index (Phi) is 6.42. The van der Waals surface area contributed by atoms with Crippen LogP contribution in [0.2, 0.25) is 5.02 Å². The van der Waals surface area contributed by atoms with Gasteiger partial charge in [0.25, 0.3) is 0 Å². The number of urea groups is 1. The van der Waals surface area contributed by atoms with Crippen LogP contribution in [0.1, 0.15) is 0 Å². The number of benzene rings is 3. The fraction of sp³-hybridized carbons (Fsp3) is 0.160. The number of nitrogens with zero attached hydrogens (tertiary/aromatic N) is 3. The van der Waals surface area contributed by atoms with E-state index in [1.54, 1.807) is 48.5 Å². The van der Waals surface area contributed by atoms with Crippen molar-refractivity contribution in [1.29, 1.82) is 0 Å². The van der Waals surface area contributed by atoms with E-state index in [9.17, 15) is 4.79 Å². The van der Waals surface area contributed by atoms with Crippen LogP contribution in [0.3, 0.4) is 0 Å². The molecule has 0 atom stereocenters. The van der Waals surface area contributed by atoms with Crippen LogP contribution in [0.25, 0.3) is 11.0 Å². The number of piperazine rings is 1. The molecule has 0 aliphatic carbocycles. The zero-order chi connectivity index (χ0) is 23.3. The van der Waals surface area contributed by atoms with Crippen molar-refractivity contribution in [2.45, 2.75) is 0 Å². The van der Waals surface area contributed by atoms with Gasteiger partial charge in [0.1, 0.15) is 17.3 Å². The zero-order valence-electron chi connectivity index (χ0n) is 18.3.